The summed E-state index contributed by atoms with van der Waals surface area (Å²) in [6.07, 6.45) is -0.317. The Bertz CT molecular complexity index is 465. The molecule has 0 radical (unpaired) electrons. The van der Waals surface area contributed by atoms with Crippen molar-refractivity contribution in [3.8, 4) is 5.75 Å². The van der Waals surface area contributed by atoms with E-state index in [1.807, 2.05) is 58.9 Å². The van der Waals surface area contributed by atoms with E-state index in [-0.39, 0.29) is 11.6 Å². The first kappa shape index (κ1) is 15.3. The van der Waals surface area contributed by atoms with E-state index in [0.717, 1.165) is 11.3 Å². The van der Waals surface area contributed by atoms with Crippen LogP contribution in [0.1, 0.15) is 52.7 Å². The molecule has 112 valence electrons. The van der Waals surface area contributed by atoms with Crippen LogP contribution in [-0.4, -0.2) is 22.7 Å². The maximum atomic E-state index is 10.2. The lowest BCUT2D eigenvalue weighted by Crippen LogP contribution is -2.46. The minimum absolute atomic E-state index is 0.139. The highest BCUT2D eigenvalue weighted by Crippen LogP contribution is 2.40. The molecule has 1 aliphatic rings. The van der Waals surface area contributed by atoms with Crippen LogP contribution in [0.25, 0.3) is 0 Å². The minimum Gasteiger partial charge on any atom is -0.463 e. The van der Waals surface area contributed by atoms with Crippen LogP contribution >= 0.6 is 0 Å². The minimum atomic E-state index is -0.680. The molecule has 1 heterocycles. The Kier molecular flexibility index (Phi) is 4.09. The zero-order valence-electron chi connectivity index (χ0n) is 12.9. The first-order valence-corrected chi connectivity index (χ1v) is 7.08. The molecule has 0 bridgehead atoms. The van der Waals surface area contributed by atoms with Gasteiger partial charge in [0.15, 0.2) is 0 Å². The number of hydrogen-bond acceptors (Lipinski definition) is 4. The molecule has 1 unspecified atom stereocenters. The normalized spacial score (nSPS) is 22.8. The van der Waals surface area contributed by atoms with E-state index in [9.17, 15) is 5.11 Å². The summed E-state index contributed by atoms with van der Waals surface area (Å²) >= 11 is 0. The molecule has 0 fully saturated rings. The van der Waals surface area contributed by atoms with E-state index in [1.54, 1.807) is 0 Å². The molecule has 0 saturated heterocycles. The second kappa shape index (κ2) is 5.35. The third-order valence-corrected chi connectivity index (χ3v) is 3.08. The van der Waals surface area contributed by atoms with Crippen molar-refractivity contribution < 1.29 is 14.6 Å². The average Bonchev–Trinajstić information content (AvgIpc) is 2.24. The van der Waals surface area contributed by atoms with Gasteiger partial charge < -0.3 is 14.6 Å². The Morgan fingerprint density at radius 2 is 1.95 bits per heavy atom. The van der Waals surface area contributed by atoms with Crippen LogP contribution in [0, 0.1) is 0 Å². The van der Waals surface area contributed by atoms with Gasteiger partial charge in [0.1, 0.15) is 12.0 Å². The van der Waals surface area contributed by atoms with E-state index in [4.69, 9.17) is 9.47 Å². The molecule has 4 nitrogen and oxygen atoms in total. The lowest BCUT2D eigenvalue weighted by atomic mass is 10.0. The lowest BCUT2D eigenvalue weighted by molar-refractivity contribution is -0.213. The van der Waals surface area contributed by atoms with Crippen molar-refractivity contribution in [2.24, 2.45) is 0 Å². The van der Waals surface area contributed by atoms with Crippen LogP contribution in [0.4, 0.5) is 0 Å². The number of hydrogen-bond donors (Lipinski definition) is 2. The second-order valence-corrected chi connectivity index (χ2v) is 6.79. The summed E-state index contributed by atoms with van der Waals surface area (Å²) in [6, 6.07) is 7.83. The molecule has 0 amide bonds. The van der Waals surface area contributed by atoms with Crippen molar-refractivity contribution in [3.63, 3.8) is 0 Å². The summed E-state index contributed by atoms with van der Waals surface area (Å²) in [5.41, 5.74) is 0.848. The van der Waals surface area contributed by atoms with Gasteiger partial charge >= 0.3 is 0 Å². The first-order valence-electron chi connectivity index (χ1n) is 7.08. The van der Waals surface area contributed by atoms with Crippen molar-refractivity contribution in [1.29, 1.82) is 0 Å². The van der Waals surface area contributed by atoms with Crippen molar-refractivity contribution in [2.45, 2.75) is 64.7 Å². The molecule has 20 heavy (non-hydrogen) atoms. The Morgan fingerprint density at radius 1 is 1.30 bits per heavy atom. The fourth-order valence-electron chi connectivity index (χ4n) is 2.47. The van der Waals surface area contributed by atoms with Crippen molar-refractivity contribution in [1.82, 2.24) is 5.32 Å². The van der Waals surface area contributed by atoms with Gasteiger partial charge in [-0.15, -0.1) is 0 Å². The van der Waals surface area contributed by atoms with Crippen LogP contribution in [-0.2, 0) is 4.74 Å². The molecule has 1 aliphatic heterocycles. The predicted octanol–water partition coefficient (Wildman–Crippen LogP) is 2.97. The summed E-state index contributed by atoms with van der Waals surface area (Å²) in [6.45, 7) is 9.86. The Hall–Kier alpha value is -1.10. The number of rotatable bonds is 3. The first-order chi connectivity index (χ1) is 9.16. The molecular formula is C16H25NO3. The van der Waals surface area contributed by atoms with E-state index < -0.39 is 12.0 Å². The van der Waals surface area contributed by atoms with Crippen molar-refractivity contribution in [3.05, 3.63) is 29.8 Å². The standard InChI is InChI=1S/C16H25NO3/c1-15(2,3)17-14(18)10-13-11-8-6-7-9-12(11)19-16(4,5)20-13/h6-9,13-14,17-18H,10H2,1-5H3/t13?,14-/m1/s1. The third kappa shape index (κ3) is 3.95. The molecule has 0 aromatic heterocycles. The maximum Gasteiger partial charge on any atom is 0.205 e. The molecular weight excluding hydrogens is 254 g/mol. The Labute approximate surface area is 121 Å². The largest absolute Gasteiger partial charge is 0.463 e. The van der Waals surface area contributed by atoms with Crippen LogP contribution in [0.5, 0.6) is 5.75 Å². The van der Waals surface area contributed by atoms with E-state index in [1.165, 1.54) is 0 Å². The van der Waals surface area contributed by atoms with Gasteiger partial charge in [-0.1, -0.05) is 18.2 Å². The van der Waals surface area contributed by atoms with Crippen LogP contribution < -0.4 is 10.1 Å². The molecule has 0 saturated carbocycles. The fraction of sp³-hybridized carbons (Fsp3) is 0.625. The van der Waals surface area contributed by atoms with Gasteiger partial charge in [0.05, 0.1) is 6.10 Å². The third-order valence-electron chi connectivity index (χ3n) is 3.08. The SMILES string of the molecule is CC(C)(C)N[C@H](O)CC1OC(C)(C)Oc2ccccc21. The van der Waals surface area contributed by atoms with Crippen LogP contribution in [0.3, 0.4) is 0 Å². The van der Waals surface area contributed by atoms with Crippen molar-refractivity contribution >= 4 is 0 Å². The highest BCUT2D eigenvalue weighted by Gasteiger charge is 2.35. The molecule has 0 aliphatic carbocycles. The number of aliphatic hydroxyl groups excluding tert-OH is 1. The zero-order chi connectivity index (χ0) is 15.0. The monoisotopic (exact) mass is 279 g/mol. The van der Waals surface area contributed by atoms with Crippen molar-refractivity contribution in [2.75, 3.05) is 0 Å². The van der Waals surface area contributed by atoms with Gasteiger partial charge in [-0.3, -0.25) is 5.32 Å². The number of para-hydroxylation sites is 1. The van der Waals surface area contributed by atoms with Crippen LogP contribution in [0.2, 0.25) is 0 Å². The smallest absolute Gasteiger partial charge is 0.205 e. The van der Waals surface area contributed by atoms with Gasteiger partial charge in [-0.25, -0.2) is 0 Å². The highest BCUT2D eigenvalue weighted by atomic mass is 16.7. The van der Waals surface area contributed by atoms with E-state index >= 15 is 0 Å². The summed E-state index contributed by atoms with van der Waals surface area (Å²) in [5, 5.41) is 13.4. The predicted molar refractivity (Wildman–Crippen MR) is 78.5 cm³/mol. The number of nitrogens with one attached hydrogen (secondary N) is 1. The molecule has 2 rings (SSSR count). The molecule has 0 spiro atoms. The lowest BCUT2D eigenvalue weighted by Gasteiger charge is -2.39. The summed E-state index contributed by atoms with van der Waals surface area (Å²) in [5.74, 6) is 0.150. The van der Waals surface area contributed by atoms with Gasteiger partial charge in [-0.05, 0) is 26.8 Å². The van der Waals surface area contributed by atoms with E-state index in [2.05, 4.69) is 5.32 Å². The Morgan fingerprint density at radius 3 is 2.60 bits per heavy atom. The highest BCUT2D eigenvalue weighted by molar-refractivity contribution is 5.37. The van der Waals surface area contributed by atoms with Gasteiger partial charge in [0.2, 0.25) is 5.79 Å². The number of aliphatic hydroxyl groups is 1. The number of benzene rings is 1. The fourth-order valence-corrected chi connectivity index (χ4v) is 2.47. The summed E-state index contributed by atoms with van der Waals surface area (Å²) in [7, 11) is 0. The van der Waals surface area contributed by atoms with Gasteiger partial charge in [0.25, 0.3) is 0 Å². The quantitative estimate of drug-likeness (QED) is 0.835. The molecule has 2 N–H and O–H groups in total. The second-order valence-electron chi connectivity index (χ2n) is 6.79. The van der Waals surface area contributed by atoms with Gasteiger partial charge in [-0.2, -0.15) is 0 Å². The average molecular weight is 279 g/mol. The molecule has 2 atom stereocenters. The maximum absolute atomic E-state index is 10.2. The number of fused-ring (bicyclic) bond motifs is 1. The van der Waals surface area contributed by atoms with Crippen LogP contribution in [0.15, 0.2) is 24.3 Å². The molecule has 1 aromatic carbocycles. The molecule has 4 heteroatoms. The van der Waals surface area contributed by atoms with Gasteiger partial charge in [0, 0.05) is 31.4 Å². The summed E-state index contributed by atoms with van der Waals surface area (Å²) < 4.78 is 11.8. The van der Waals surface area contributed by atoms with E-state index in [0.29, 0.717) is 6.42 Å². The molecule has 1 aromatic rings. The summed E-state index contributed by atoms with van der Waals surface area (Å²) in [4.78, 5) is 0. The topological polar surface area (TPSA) is 50.7 Å². The Balaban J connectivity index is 2.15. The number of ether oxygens (including phenoxy) is 2. The zero-order valence-corrected chi connectivity index (χ0v) is 12.9.